The third-order valence-corrected chi connectivity index (χ3v) is 4.96. The van der Waals surface area contributed by atoms with E-state index in [0.29, 0.717) is 22.9 Å². The summed E-state index contributed by atoms with van der Waals surface area (Å²) >= 11 is 0. The number of rotatable bonds is 7. The van der Waals surface area contributed by atoms with Crippen molar-refractivity contribution in [3.05, 3.63) is 71.7 Å². The first-order chi connectivity index (χ1) is 15.6. The quantitative estimate of drug-likeness (QED) is 0.550. The van der Waals surface area contributed by atoms with Gasteiger partial charge < -0.3 is 24.8 Å². The summed E-state index contributed by atoms with van der Waals surface area (Å²) < 4.78 is 16.4. The van der Waals surface area contributed by atoms with Crippen LogP contribution < -0.4 is 20.1 Å². The molecule has 2 aromatic carbocycles. The normalized spacial score (nSPS) is 15.7. The molecule has 0 saturated carbocycles. The number of amides is 2. The molecule has 0 radical (unpaired) electrons. The number of benzene rings is 2. The Morgan fingerprint density at radius 1 is 1.09 bits per heavy atom. The summed E-state index contributed by atoms with van der Waals surface area (Å²) in [4.78, 5) is 33.7. The number of hydrogen-bond donors (Lipinski definition) is 2. The largest absolute Gasteiger partial charge is 0.497 e. The summed E-state index contributed by atoms with van der Waals surface area (Å²) in [5.74, 6) is 0.460. The molecule has 9 nitrogen and oxygen atoms in total. The Kier molecular flexibility index (Phi) is 6.16. The number of carbonyl (C=O) groups is 2. The third kappa shape index (κ3) is 4.31. The summed E-state index contributed by atoms with van der Waals surface area (Å²) in [6.45, 7) is 1.82. The molecule has 32 heavy (non-hydrogen) atoms. The second-order valence-corrected chi connectivity index (χ2v) is 6.90. The van der Waals surface area contributed by atoms with E-state index in [1.165, 1.54) is 6.33 Å². The van der Waals surface area contributed by atoms with Crippen molar-refractivity contribution in [3.8, 4) is 11.6 Å². The Balaban J connectivity index is 1.70. The van der Waals surface area contributed by atoms with E-state index in [1.807, 2.05) is 24.3 Å². The van der Waals surface area contributed by atoms with Crippen LogP contribution in [0.2, 0.25) is 0 Å². The number of esters is 1. The van der Waals surface area contributed by atoms with Crippen LogP contribution in [0.15, 0.2) is 66.1 Å². The maximum absolute atomic E-state index is 12.9. The zero-order chi connectivity index (χ0) is 22.5. The van der Waals surface area contributed by atoms with Gasteiger partial charge in [0.15, 0.2) is 0 Å². The minimum Gasteiger partial charge on any atom is -0.497 e. The van der Waals surface area contributed by atoms with E-state index in [4.69, 9.17) is 14.2 Å². The van der Waals surface area contributed by atoms with Gasteiger partial charge in [-0.3, -0.25) is 0 Å². The van der Waals surface area contributed by atoms with Gasteiger partial charge in [-0.2, -0.15) is 0 Å². The minimum atomic E-state index is -0.713. The number of ether oxygens (including phenoxy) is 3. The number of fused-ring (bicyclic) bond motifs is 1. The molecule has 0 spiro atoms. The van der Waals surface area contributed by atoms with Crippen molar-refractivity contribution in [2.75, 3.05) is 20.3 Å². The zero-order valence-corrected chi connectivity index (χ0v) is 17.6. The second kappa shape index (κ2) is 9.34. The van der Waals surface area contributed by atoms with Crippen molar-refractivity contribution in [3.63, 3.8) is 0 Å². The molecule has 1 aliphatic heterocycles. The lowest BCUT2D eigenvalue weighted by atomic mass is 9.95. The SMILES string of the molecule is CCOC(=O)C1=C(COc2ncnc3ccccc23)NC(=O)N[C@H]1c1ccc(OC)cc1. The summed E-state index contributed by atoms with van der Waals surface area (Å²) in [7, 11) is 1.57. The highest BCUT2D eigenvalue weighted by atomic mass is 16.5. The highest BCUT2D eigenvalue weighted by Gasteiger charge is 2.34. The number of nitrogens with zero attached hydrogens (tertiary/aromatic N) is 2. The first-order valence-electron chi connectivity index (χ1n) is 10.0. The van der Waals surface area contributed by atoms with Crippen molar-refractivity contribution < 1.29 is 23.8 Å². The number of carbonyl (C=O) groups excluding carboxylic acids is 2. The molecule has 2 heterocycles. The number of urea groups is 1. The molecule has 0 unspecified atom stereocenters. The van der Waals surface area contributed by atoms with Gasteiger partial charge in [-0.25, -0.2) is 19.6 Å². The summed E-state index contributed by atoms with van der Waals surface area (Å²) in [6.07, 6.45) is 1.40. The van der Waals surface area contributed by atoms with Gasteiger partial charge in [0, 0.05) is 0 Å². The van der Waals surface area contributed by atoms with E-state index < -0.39 is 18.0 Å². The molecule has 1 aromatic heterocycles. The van der Waals surface area contributed by atoms with Gasteiger partial charge in [-0.1, -0.05) is 24.3 Å². The maximum Gasteiger partial charge on any atom is 0.338 e. The van der Waals surface area contributed by atoms with Gasteiger partial charge in [0.1, 0.15) is 18.7 Å². The lowest BCUT2D eigenvalue weighted by Gasteiger charge is -2.29. The second-order valence-electron chi connectivity index (χ2n) is 6.90. The van der Waals surface area contributed by atoms with Crippen LogP contribution in [0.5, 0.6) is 11.6 Å². The molecule has 0 fully saturated rings. The molecular formula is C23H22N4O5. The van der Waals surface area contributed by atoms with Crippen LogP contribution in [0, 0.1) is 0 Å². The van der Waals surface area contributed by atoms with Crippen molar-refractivity contribution in [2.45, 2.75) is 13.0 Å². The van der Waals surface area contributed by atoms with Gasteiger partial charge in [-0.15, -0.1) is 0 Å². The lowest BCUT2D eigenvalue weighted by molar-refractivity contribution is -0.139. The number of methoxy groups -OCH3 is 1. The van der Waals surface area contributed by atoms with E-state index in [1.54, 1.807) is 38.3 Å². The van der Waals surface area contributed by atoms with Crippen LogP contribution in [0.4, 0.5) is 4.79 Å². The van der Waals surface area contributed by atoms with E-state index >= 15 is 0 Å². The molecule has 2 N–H and O–H groups in total. The molecule has 1 atom stereocenters. The van der Waals surface area contributed by atoms with Gasteiger partial charge >= 0.3 is 12.0 Å². The number of hydrogen-bond acceptors (Lipinski definition) is 7. The smallest absolute Gasteiger partial charge is 0.338 e. The molecule has 3 aromatic rings. The van der Waals surface area contributed by atoms with Crippen LogP contribution in [0.25, 0.3) is 10.9 Å². The van der Waals surface area contributed by atoms with E-state index in [2.05, 4.69) is 20.6 Å². The van der Waals surface area contributed by atoms with Crippen LogP contribution in [0.3, 0.4) is 0 Å². The van der Waals surface area contributed by atoms with Crippen LogP contribution in [-0.4, -0.2) is 42.3 Å². The number of nitrogens with one attached hydrogen (secondary N) is 2. The molecule has 164 valence electrons. The minimum absolute atomic E-state index is 0.0881. The predicted octanol–water partition coefficient (Wildman–Crippen LogP) is 2.89. The van der Waals surface area contributed by atoms with E-state index in [-0.39, 0.29) is 18.8 Å². The van der Waals surface area contributed by atoms with Crippen molar-refractivity contribution in [2.24, 2.45) is 0 Å². The molecule has 2 amide bonds. The van der Waals surface area contributed by atoms with Crippen molar-refractivity contribution >= 4 is 22.9 Å². The number of para-hydroxylation sites is 1. The summed E-state index contributed by atoms with van der Waals surface area (Å²) in [5.41, 5.74) is 1.99. The molecule has 1 aliphatic rings. The van der Waals surface area contributed by atoms with E-state index in [9.17, 15) is 9.59 Å². The first kappa shape index (κ1) is 21.1. The summed E-state index contributed by atoms with van der Waals surface area (Å²) in [5, 5.41) is 6.19. The highest BCUT2D eigenvalue weighted by molar-refractivity contribution is 5.95. The molecular weight excluding hydrogens is 412 g/mol. The fraction of sp³-hybridized carbons (Fsp3) is 0.217. The van der Waals surface area contributed by atoms with Gasteiger partial charge in [-0.05, 0) is 36.8 Å². The topological polar surface area (TPSA) is 112 Å². The molecule has 0 aliphatic carbocycles. The predicted molar refractivity (Wildman–Crippen MR) is 116 cm³/mol. The molecule has 9 heteroatoms. The van der Waals surface area contributed by atoms with Crippen LogP contribution in [0.1, 0.15) is 18.5 Å². The standard InChI is InChI=1S/C23H22N4O5/c1-3-31-22(28)19-18(12-32-21-16-6-4-5-7-17(16)24-13-25-21)26-23(29)27-20(19)14-8-10-15(30-2)11-9-14/h4-11,13,20H,3,12H2,1-2H3,(H2,26,27,29)/t20-/m0/s1. The fourth-order valence-electron chi connectivity index (χ4n) is 3.46. The van der Waals surface area contributed by atoms with Crippen LogP contribution in [-0.2, 0) is 9.53 Å². The molecule has 0 bridgehead atoms. The first-order valence-corrected chi connectivity index (χ1v) is 10.0. The Morgan fingerprint density at radius 2 is 1.88 bits per heavy atom. The van der Waals surface area contributed by atoms with Crippen LogP contribution >= 0.6 is 0 Å². The van der Waals surface area contributed by atoms with Crippen molar-refractivity contribution in [1.82, 2.24) is 20.6 Å². The summed E-state index contributed by atoms with van der Waals surface area (Å²) in [6, 6.07) is 13.3. The van der Waals surface area contributed by atoms with Gasteiger partial charge in [0.25, 0.3) is 0 Å². The Bertz CT molecular complexity index is 1170. The average molecular weight is 434 g/mol. The molecule has 4 rings (SSSR count). The van der Waals surface area contributed by atoms with Crippen molar-refractivity contribution in [1.29, 1.82) is 0 Å². The highest BCUT2D eigenvalue weighted by Crippen LogP contribution is 2.30. The maximum atomic E-state index is 12.9. The Labute approximate surface area is 184 Å². The average Bonchev–Trinajstić information content (AvgIpc) is 2.82. The number of aromatic nitrogens is 2. The van der Waals surface area contributed by atoms with E-state index in [0.717, 1.165) is 10.9 Å². The monoisotopic (exact) mass is 434 g/mol. The fourth-order valence-corrected chi connectivity index (χ4v) is 3.46. The van der Waals surface area contributed by atoms with Gasteiger partial charge in [0.05, 0.1) is 41.9 Å². The molecule has 0 saturated heterocycles. The van der Waals surface area contributed by atoms with Gasteiger partial charge in [0.2, 0.25) is 5.88 Å². The lowest BCUT2D eigenvalue weighted by Crippen LogP contribution is -2.47. The Hall–Kier alpha value is -4.14. The zero-order valence-electron chi connectivity index (χ0n) is 17.6. The Morgan fingerprint density at radius 3 is 2.62 bits per heavy atom. The third-order valence-electron chi connectivity index (χ3n) is 4.96.